The second kappa shape index (κ2) is 10.0. The number of rotatable bonds is 5. The van der Waals surface area contributed by atoms with Gasteiger partial charge < -0.3 is 14.4 Å². The van der Waals surface area contributed by atoms with Gasteiger partial charge in [-0.1, -0.05) is 32.1 Å². The molecule has 2 atom stereocenters. The number of halogens is 3. The first-order chi connectivity index (χ1) is 16.4. The summed E-state index contributed by atoms with van der Waals surface area (Å²) in [6, 6.07) is 2.99. The summed E-state index contributed by atoms with van der Waals surface area (Å²) in [4.78, 5) is 20.0. The van der Waals surface area contributed by atoms with E-state index in [0.717, 1.165) is 42.9 Å². The van der Waals surface area contributed by atoms with Gasteiger partial charge in [0.25, 0.3) is 5.91 Å². The number of likely N-dealkylation sites (N-methyl/N-ethyl adjacent to an activating group) is 1. The van der Waals surface area contributed by atoms with E-state index in [9.17, 15) is 18.0 Å². The van der Waals surface area contributed by atoms with Crippen molar-refractivity contribution in [1.29, 1.82) is 0 Å². The standard InChI is InChI=1S/C24H31F3N4O3S/c1-23(2,3)21-29-31(14-16-6-5-11-33-16)22(35-21)28-20(32)18-12-15(24(25,26)27)7-8-19(18)34-17-9-10-30(4)13-17/h7-8,12,16-17H,5-6,9-11,13-14H2,1-4H3/t16-,17+/m1/s1. The van der Waals surface area contributed by atoms with Crippen molar-refractivity contribution < 1.29 is 27.4 Å². The van der Waals surface area contributed by atoms with E-state index >= 15 is 0 Å². The highest BCUT2D eigenvalue weighted by molar-refractivity contribution is 7.09. The van der Waals surface area contributed by atoms with E-state index in [0.29, 0.717) is 24.5 Å². The Balaban J connectivity index is 1.73. The molecule has 1 aromatic carbocycles. The Kier molecular flexibility index (Phi) is 7.40. The number of likely N-dealkylation sites (tertiary alicyclic amines) is 1. The third-order valence-corrected chi connectivity index (χ3v) is 7.41. The van der Waals surface area contributed by atoms with Crippen LogP contribution >= 0.6 is 11.3 Å². The molecule has 35 heavy (non-hydrogen) atoms. The number of nitrogens with zero attached hydrogens (tertiary/aromatic N) is 4. The lowest BCUT2D eigenvalue weighted by Crippen LogP contribution is -2.26. The van der Waals surface area contributed by atoms with E-state index in [1.165, 1.54) is 17.4 Å². The molecular weight excluding hydrogens is 481 g/mol. The molecule has 2 fully saturated rings. The maximum atomic E-state index is 13.5. The summed E-state index contributed by atoms with van der Waals surface area (Å²) in [5.41, 5.74) is -1.40. The molecule has 2 aliphatic heterocycles. The minimum atomic E-state index is -4.59. The third kappa shape index (κ3) is 6.31. The largest absolute Gasteiger partial charge is 0.488 e. The number of alkyl halides is 3. The Bertz CT molecular complexity index is 1130. The van der Waals surface area contributed by atoms with Crippen molar-refractivity contribution in [2.24, 2.45) is 4.99 Å². The summed E-state index contributed by atoms with van der Waals surface area (Å²) in [7, 11) is 1.95. The van der Waals surface area contributed by atoms with Gasteiger partial charge in [0.05, 0.1) is 23.8 Å². The highest BCUT2D eigenvalue weighted by atomic mass is 32.1. The van der Waals surface area contributed by atoms with Gasteiger partial charge >= 0.3 is 6.18 Å². The molecule has 2 aromatic rings. The van der Waals surface area contributed by atoms with Gasteiger partial charge in [-0.25, -0.2) is 4.68 Å². The molecule has 192 valence electrons. The molecule has 0 spiro atoms. The van der Waals surface area contributed by atoms with Crippen LogP contribution in [-0.2, 0) is 22.9 Å². The zero-order valence-corrected chi connectivity index (χ0v) is 21.2. The van der Waals surface area contributed by atoms with Crippen molar-refractivity contribution in [2.75, 3.05) is 26.7 Å². The van der Waals surface area contributed by atoms with Gasteiger partial charge in [0.15, 0.2) is 0 Å². The molecule has 2 aliphatic rings. The molecule has 11 heteroatoms. The Morgan fingerprint density at radius 1 is 1.29 bits per heavy atom. The number of benzene rings is 1. The summed E-state index contributed by atoms with van der Waals surface area (Å²) in [5.74, 6) is -0.680. The summed E-state index contributed by atoms with van der Waals surface area (Å²) < 4.78 is 53.7. The Labute approximate surface area is 206 Å². The second-order valence-electron chi connectivity index (χ2n) is 10.2. The van der Waals surface area contributed by atoms with Crippen LogP contribution in [-0.4, -0.2) is 59.5 Å². The minimum absolute atomic E-state index is 0.0363. The lowest BCUT2D eigenvalue weighted by atomic mass is 9.98. The molecule has 0 N–H and O–H groups in total. The normalized spacial score (nSPS) is 22.2. The van der Waals surface area contributed by atoms with Crippen LogP contribution in [0.5, 0.6) is 5.75 Å². The van der Waals surface area contributed by atoms with E-state index in [1.807, 2.05) is 27.8 Å². The van der Waals surface area contributed by atoms with Crippen molar-refractivity contribution in [3.63, 3.8) is 0 Å². The van der Waals surface area contributed by atoms with Crippen LogP contribution in [0.25, 0.3) is 0 Å². The minimum Gasteiger partial charge on any atom is -0.488 e. The first kappa shape index (κ1) is 25.8. The quantitative estimate of drug-likeness (QED) is 0.599. The number of ether oxygens (including phenoxy) is 2. The van der Waals surface area contributed by atoms with E-state index < -0.39 is 17.6 Å². The molecule has 4 rings (SSSR count). The fourth-order valence-corrected chi connectivity index (χ4v) is 5.06. The number of aromatic nitrogens is 2. The summed E-state index contributed by atoms with van der Waals surface area (Å²) >= 11 is 1.26. The van der Waals surface area contributed by atoms with Crippen LogP contribution in [0.15, 0.2) is 23.2 Å². The zero-order chi connectivity index (χ0) is 25.4. The van der Waals surface area contributed by atoms with Gasteiger partial charge in [-0.2, -0.15) is 23.3 Å². The fourth-order valence-electron chi connectivity index (χ4n) is 4.09. The highest BCUT2D eigenvalue weighted by Gasteiger charge is 2.33. The number of carbonyl (C=O) groups is 1. The van der Waals surface area contributed by atoms with Gasteiger partial charge in [-0.05, 0) is 44.5 Å². The molecule has 0 aliphatic carbocycles. The molecule has 2 saturated heterocycles. The third-order valence-electron chi connectivity index (χ3n) is 6.04. The number of hydrogen-bond acceptors (Lipinski definition) is 6. The monoisotopic (exact) mass is 512 g/mol. The van der Waals surface area contributed by atoms with Crippen molar-refractivity contribution >= 4 is 17.2 Å². The van der Waals surface area contributed by atoms with E-state index in [2.05, 4.69) is 15.0 Å². The molecule has 1 amide bonds. The van der Waals surface area contributed by atoms with Crippen LogP contribution in [0, 0.1) is 0 Å². The Morgan fingerprint density at radius 3 is 2.66 bits per heavy atom. The fraction of sp³-hybridized carbons (Fsp3) is 0.625. The van der Waals surface area contributed by atoms with Gasteiger partial charge in [0.2, 0.25) is 4.80 Å². The van der Waals surface area contributed by atoms with Crippen molar-refractivity contribution in [2.45, 2.75) is 70.4 Å². The van der Waals surface area contributed by atoms with Crippen molar-refractivity contribution in [3.05, 3.63) is 39.1 Å². The summed E-state index contributed by atoms with van der Waals surface area (Å²) in [6.45, 7) is 8.57. The predicted octanol–water partition coefficient (Wildman–Crippen LogP) is 4.26. The van der Waals surface area contributed by atoms with Crippen molar-refractivity contribution in [1.82, 2.24) is 14.7 Å². The zero-order valence-electron chi connectivity index (χ0n) is 20.4. The lowest BCUT2D eigenvalue weighted by molar-refractivity contribution is -0.137. The van der Waals surface area contributed by atoms with Gasteiger partial charge in [0.1, 0.15) is 16.9 Å². The molecule has 0 bridgehead atoms. The maximum Gasteiger partial charge on any atom is 0.416 e. The number of carbonyl (C=O) groups excluding carboxylic acids is 1. The first-order valence-electron chi connectivity index (χ1n) is 11.8. The summed E-state index contributed by atoms with van der Waals surface area (Å²) in [6.07, 6.45) is -2.27. The van der Waals surface area contributed by atoms with E-state index in [-0.39, 0.29) is 28.9 Å². The Morgan fingerprint density at radius 2 is 2.06 bits per heavy atom. The topological polar surface area (TPSA) is 69.0 Å². The number of amides is 1. The van der Waals surface area contributed by atoms with Crippen LogP contribution in [0.4, 0.5) is 13.2 Å². The molecule has 0 unspecified atom stereocenters. The highest BCUT2D eigenvalue weighted by Crippen LogP contribution is 2.34. The predicted molar refractivity (Wildman–Crippen MR) is 126 cm³/mol. The molecule has 3 heterocycles. The summed E-state index contributed by atoms with van der Waals surface area (Å²) in [5, 5.41) is 5.43. The average Bonchev–Trinajstić information content (AvgIpc) is 3.50. The van der Waals surface area contributed by atoms with Gasteiger partial charge in [0, 0.05) is 25.1 Å². The molecule has 7 nitrogen and oxygen atoms in total. The van der Waals surface area contributed by atoms with Crippen LogP contribution < -0.4 is 9.54 Å². The maximum absolute atomic E-state index is 13.5. The first-order valence-corrected chi connectivity index (χ1v) is 12.6. The second-order valence-corrected chi connectivity index (χ2v) is 11.1. The lowest BCUT2D eigenvalue weighted by Gasteiger charge is -2.17. The van der Waals surface area contributed by atoms with Crippen molar-refractivity contribution in [3.8, 4) is 5.75 Å². The average molecular weight is 513 g/mol. The number of hydrogen-bond donors (Lipinski definition) is 0. The molecule has 0 radical (unpaired) electrons. The molecule has 1 aromatic heterocycles. The van der Waals surface area contributed by atoms with E-state index in [1.54, 1.807) is 4.68 Å². The Hall–Kier alpha value is -2.24. The van der Waals surface area contributed by atoms with Gasteiger partial charge in [-0.15, -0.1) is 0 Å². The smallest absolute Gasteiger partial charge is 0.416 e. The van der Waals surface area contributed by atoms with Crippen LogP contribution in [0.2, 0.25) is 0 Å². The van der Waals surface area contributed by atoms with Crippen LogP contribution in [0.3, 0.4) is 0 Å². The van der Waals surface area contributed by atoms with Crippen LogP contribution in [0.1, 0.15) is 61.0 Å². The molecule has 0 saturated carbocycles. The van der Waals surface area contributed by atoms with E-state index in [4.69, 9.17) is 9.47 Å². The van der Waals surface area contributed by atoms with Gasteiger partial charge in [-0.3, -0.25) is 4.79 Å². The molecular formula is C24H31F3N4O3S. The SMILES string of the molecule is CN1CC[C@H](Oc2ccc(C(F)(F)F)cc2C(=O)N=c2sc(C(C)(C)C)nn2C[C@H]2CCCO2)C1.